The van der Waals surface area contributed by atoms with Crippen molar-refractivity contribution in [3.8, 4) is 0 Å². The van der Waals surface area contributed by atoms with Gasteiger partial charge in [0.2, 0.25) is 0 Å². The minimum Gasteiger partial charge on any atom is -0.374 e. The van der Waals surface area contributed by atoms with Crippen LogP contribution in [0.4, 0.5) is 0 Å². The fourth-order valence-electron chi connectivity index (χ4n) is 1.83. The first-order valence-corrected chi connectivity index (χ1v) is 5.71. The fraction of sp³-hybridized carbons (Fsp3) is 0.667. The van der Waals surface area contributed by atoms with E-state index in [0.29, 0.717) is 12.8 Å². The Labute approximate surface area is 96.6 Å². The van der Waals surface area contributed by atoms with Crippen LogP contribution in [0, 0.1) is 6.92 Å². The molecule has 0 saturated carbocycles. The fourth-order valence-corrected chi connectivity index (χ4v) is 1.83. The summed E-state index contributed by atoms with van der Waals surface area (Å²) < 4.78 is 7.01. The van der Waals surface area contributed by atoms with Crippen LogP contribution in [0.2, 0.25) is 0 Å². The second-order valence-electron chi connectivity index (χ2n) is 3.87. The number of ether oxygens (including phenoxy) is 1. The van der Waals surface area contributed by atoms with E-state index in [0.717, 1.165) is 17.9 Å². The molecular weight excluding hydrogens is 204 g/mol. The summed E-state index contributed by atoms with van der Waals surface area (Å²) >= 11 is 0. The van der Waals surface area contributed by atoms with E-state index in [1.54, 1.807) is 7.11 Å². The minimum atomic E-state index is -0.291. The first-order valence-electron chi connectivity index (χ1n) is 5.71. The van der Waals surface area contributed by atoms with Crippen molar-refractivity contribution >= 4 is 5.78 Å². The van der Waals surface area contributed by atoms with Crippen LogP contribution in [0.1, 0.15) is 31.7 Å². The number of methoxy groups -OCH3 is 1. The molecule has 4 heteroatoms. The van der Waals surface area contributed by atoms with Gasteiger partial charge in [0.05, 0.1) is 12.1 Å². The van der Waals surface area contributed by atoms with Gasteiger partial charge in [-0.25, -0.2) is 0 Å². The number of aryl methyl sites for hydroxylation is 2. The lowest BCUT2D eigenvalue weighted by Crippen LogP contribution is -2.24. The number of nitrogens with zero attached hydrogens (tertiary/aromatic N) is 2. The maximum Gasteiger partial charge on any atom is 0.167 e. The van der Waals surface area contributed by atoms with Crippen LogP contribution >= 0.6 is 0 Å². The van der Waals surface area contributed by atoms with Crippen molar-refractivity contribution in [1.82, 2.24) is 9.78 Å². The highest BCUT2D eigenvalue weighted by atomic mass is 16.5. The molecule has 0 fully saturated rings. The van der Waals surface area contributed by atoms with Gasteiger partial charge in [0, 0.05) is 19.3 Å². The number of carbonyl (C=O) groups excluding carboxylic acids is 1. The number of aromatic nitrogens is 2. The molecule has 0 aromatic carbocycles. The molecule has 0 bridgehead atoms. The highest BCUT2D eigenvalue weighted by Crippen LogP contribution is 2.08. The maximum atomic E-state index is 11.9. The second kappa shape index (κ2) is 5.80. The number of hydrogen-bond donors (Lipinski definition) is 0. The summed E-state index contributed by atoms with van der Waals surface area (Å²) in [5.41, 5.74) is 1.93. The third-order valence-corrected chi connectivity index (χ3v) is 2.65. The maximum absolute atomic E-state index is 11.9. The Kier molecular flexibility index (Phi) is 4.68. The van der Waals surface area contributed by atoms with E-state index < -0.39 is 0 Å². The molecule has 0 aliphatic carbocycles. The average Bonchev–Trinajstić information content (AvgIpc) is 2.60. The van der Waals surface area contributed by atoms with E-state index >= 15 is 0 Å². The number of Topliss-reactive ketones (excluding diaryl/α,β-unsaturated/α-hetero) is 1. The number of hydrogen-bond acceptors (Lipinski definition) is 3. The zero-order valence-electron chi connectivity index (χ0n) is 10.5. The van der Waals surface area contributed by atoms with E-state index in [1.807, 2.05) is 31.5 Å². The van der Waals surface area contributed by atoms with Crippen LogP contribution in [-0.4, -0.2) is 28.8 Å². The van der Waals surface area contributed by atoms with E-state index in [1.165, 1.54) is 0 Å². The highest BCUT2D eigenvalue weighted by molar-refractivity contribution is 5.84. The number of carbonyl (C=O) groups is 1. The van der Waals surface area contributed by atoms with Crippen LogP contribution < -0.4 is 0 Å². The quantitative estimate of drug-likeness (QED) is 0.739. The Bertz CT molecular complexity index is 354. The normalized spacial score (nSPS) is 12.8. The van der Waals surface area contributed by atoms with E-state index in [4.69, 9.17) is 4.74 Å². The SMILES string of the molecule is CCC(OC)C(=O)Cc1cc(C)nn1CC. The van der Waals surface area contributed by atoms with Gasteiger partial charge >= 0.3 is 0 Å². The van der Waals surface area contributed by atoms with Crippen LogP contribution in [0.3, 0.4) is 0 Å². The van der Waals surface area contributed by atoms with Crippen molar-refractivity contribution in [2.45, 2.75) is 46.3 Å². The number of ketones is 1. The molecule has 4 nitrogen and oxygen atoms in total. The van der Waals surface area contributed by atoms with Gasteiger partial charge in [0.15, 0.2) is 5.78 Å². The summed E-state index contributed by atoms with van der Waals surface area (Å²) in [5.74, 6) is 0.125. The Morgan fingerprint density at radius 2 is 2.25 bits per heavy atom. The molecule has 0 saturated heterocycles. The lowest BCUT2D eigenvalue weighted by molar-refractivity contribution is -0.128. The van der Waals surface area contributed by atoms with Crippen LogP contribution in [-0.2, 0) is 22.5 Å². The Balaban J connectivity index is 2.75. The van der Waals surface area contributed by atoms with E-state index in [2.05, 4.69) is 5.10 Å². The molecule has 1 atom stereocenters. The van der Waals surface area contributed by atoms with Gasteiger partial charge in [-0.1, -0.05) is 6.92 Å². The van der Waals surface area contributed by atoms with Crippen molar-refractivity contribution in [2.24, 2.45) is 0 Å². The summed E-state index contributed by atoms with van der Waals surface area (Å²) in [6.07, 6.45) is 0.829. The molecule has 90 valence electrons. The largest absolute Gasteiger partial charge is 0.374 e. The predicted octanol–water partition coefficient (Wildman–Crippen LogP) is 1.75. The molecule has 1 aromatic rings. The molecule has 0 aliphatic rings. The summed E-state index contributed by atoms with van der Waals surface area (Å²) in [6.45, 7) is 6.70. The summed E-state index contributed by atoms with van der Waals surface area (Å²) in [6, 6.07) is 1.96. The van der Waals surface area contributed by atoms with E-state index in [-0.39, 0.29) is 11.9 Å². The molecule has 1 heterocycles. The Morgan fingerprint density at radius 1 is 1.56 bits per heavy atom. The van der Waals surface area contributed by atoms with E-state index in [9.17, 15) is 4.79 Å². The van der Waals surface area contributed by atoms with Crippen molar-refractivity contribution in [2.75, 3.05) is 7.11 Å². The molecule has 0 radical (unpaired) electrons. The molecular formula is C12H20N2O2. The zero-order valence-corrected chi connectivity index (χ0v) is 10.5. The second-order valence-corrected chi connectivity index (χ2v) is 3.87. The Morgan fingerprint density at radius 3 is 2.75 bits per heavy atom. The van der Waals surface area contributed by atoms with Gasteiger partial charge in [-0.15, -0.1) is 0 Å². The monoisotopic (exact) mass is 224 g/mol. The molecule has 0 aliphatic heterocycles. The molecule has 1 unspecified atom stereocenters. The number of rotatable bonds is 6. The molecule has 1 aromatic heterocycles. The third kappa shape index (κ3) is 2.92. The van der Waals surface area contributed by atoms with Gasteiger partial charge in [-0.2, -0.15) is 5.10 Å². The van der Waals surface area contributed by atoms with Crippen LogP contribution in [0.25, 0.3) is 0 Å². The van der Waals surface area contributed by atoms with Crippen molar-refractivity contribution in [3.63, 3.8) is 0 Å². The summed E-state index contributed by atoms with van der Waals surface area (Å²) in [7, 11) is 1.58. The minimum absolute atomic E-state index is 0.125. The van der Waals surface area contributed by atoms with Gasteiger partial charge < -0.3 is 4.74 Å². The van der Waals surface area contributed by atoms with Crippen LogP contribution in [0.15, 0.2) is 6.07 Å². The first kappa shape index (κ1) is 12.9. The van der Waals surface area contributed by atoms with Gasteiger partial charge in [0.1, 0.15) is 6.10 Å². The van der Waals surface area contributed by atoms with Crippen molar-refractivity contribution < 1.29 is 9.53 Å². The van der Waals surface area contributed by atoms with Gasteiger partial charge in [-0.3, -0.25) is 9.48 Å². The van der Waals surface area contributed by atoms with Gasteiger partial charge in [0.25, 0.3) is 0 Å². The molecule has 0 spiro atoms. The topological polar surface area (TPSA) is 44.1 Å². The van der Waals surface area contributed by atoms with Crippen molar-refractivity contribution in [1.29, 1.82) is 0 Å². The standard InChI is InChI=1S/C12H20N2O2/c1-5-12(16-4)11(15)8-10-7-9(3)13-14(10)6-2/h7,12H,5-6,8H2,1-4H3. The Hall–Kier alpha value is -1.16. The summed E-state index contributed by atoms with van der Waals surface area (Å²) in [4.78, 5) is 11.9. The predicted molar refractivity (Wildman–Crippen MR) is 62.4 cm³/mol. The average molecular weight is 224 g/mol. The molecule has 16 heavy (non-hydrogen) atoms. The highest BCUT2D eigenvalue weighted by Gasteiger charge is 2.17. The zero-order chi connectivity index (χ0) is 12.1. The molecule has 0 N–H and O–H groups in total. The molecule has 1 rings (SSSR count). The third-order valence-electron chi connectivity index (χ3n) is 2.65. The first-order chi connectivity index (χ1) is 7.62. The summed E-state index contributed by atoms with van der Waals surface area (Å²) in [5, 5.41) is 4.32. The lowest BCUT2D eigenvalue weighted by Gasteiger charge is -2.11. The smallest absolute Gasteiger partial charge is 0.167 e. The van der Waals surface area contributed by atoms with Crippen LogP contribution in [0.5, 0.6) is 0 Å². The molecule has 0 amide bonds. The lowest BCUT2D eigenvalue weighted by atomic mass is 10.1. The van der Waals surface area contributed by atoms with Crippen molar-refractivity contribution in [3.05, 3.63) is 17.5 Å². The van der Waals surface area contributed by atoms with Gasteiger partial charge in [-0.05, 0) is 26.3 Å².